The van der Waals surface area contributed by atoms with Crippen LogP contribution in [0.4, 0.5) is 0 Å². The number of fused-ring (bicyclic) bond motifs is 1. The molecule has 0 radical (unpaired) electrons. The molecule has 1 amide bonds. The van der Waals surface area contributed by atoms with Crippen LogP contribution in [0.5, 0.6) is 0 Å². The Hall–Kier alpha value is -2.87. The van der Waals surface area contributed by atoms with Crippen molar-refractivity contribution in [3.05, 3.63) is 36.0 Å². The van der Waals surface area contributed by atoms with Crippen molar-refractivity contribution in [1.29, 1.82) is 0 Å². The average Bonchev–Trinajstić information content (AvgIpc) is 3.00. The van der Waals surface area contributed by atoms with Crippen molar-refractivity contribution >= 4 is 29.1 Å². The third kappa shape index (κ3) is 5.32. The highest BCUT2D eigenvalue weighted by atomic mass is 16.2. The van der Waals surface area contributed by atoms with Crippen molar-refractivity contribution in [2.75, 3.05) is 6.54 Å². The minimum atomic E-state index is -0.709. The van der Waals surface area contributed by atoms with E-state index in [4.69, 9.17) is 17.2 Å². The summed E-state index contributed by atoms with van der Waals surface area (Å²) in [5.74, 6) is -0.348. The summed E-state index contributed by atoms with van der Waals surface area (Å²) in [6.45, 7) is 0.412. The number of benzene rings is 1. The summed E-state index contributed by atoms with van der Waals surface area (Å²) in [7, 11) is 0. The van der Waals surface area contributed by atoms with Crippen LogP contribution in [-0.2, 0) is 16.0 Å². The number of guanidine groups is 1. The van der Waals surface area contributed by atoms with E-state index in [1.54, 1.807) is 0 Å². The summed E-state index contributed by atoms with van der Waals surface area (Å²) in [6.07, 6.45) is 4.00. The molecule has 25 heavy (non-hydrogen) atoms. The average molecular weight is 344 g/mol. The van der Waals surface area contributed by atoms with Crippen LogP contribution >= 0.6 is 0 Å². The van der Waals surface area contributed by atoms with Crippen LogP contribution in [0.15, 0.2) is 35.5 Å². The second-order valence-electron chi connectivity index (χ2n) is 5.87. The van der Waals surface area contributed by atoms with E-state index in [0.717, 1.165) is 22.8 Å². The molecule has 0 bridgehead atoms. The first-order chi connectivity index (χ1) is 12.0. The van der Waals surface area contributed by atoms with Crippen LogP contribution in [0.3, 0.4) is 0 Å². The molecule has 134 valence electrons. The second-order valence-corrected chi connectivity index (χ2v) is 5.87. The van der Waals surface area contributed by atoms with Gasteiger partial charge in [-0.15, -0.1) is 0 Å². The number of amides is 1. The van der Waals surface area contributed by atoms with E-state index >= 15 is 0 Å². The van der Waals surface area contributed by atoms with Gasteiger partial charge in [-0.05, 0) is 24.5 Å². The quantitative estimate of drug-likeness (QED) is 0.184. The summed E-state index contributed by atoms with van der Waals surface area (Å²) in [5, 5.41) is 3.72. The van der Waals surface area contributed by atoms with Crippen LogP contribution in [-0.4, -0.2) is 41.8 Å². The molecule has 0 aliphatic heterocycles. The lowest BCUT2D eigenvalue weighted by Gasteiger charge is -2.16. The molecule has 0 saturated heterocycles. The normalized spacial score (nSPS) is 13.2. The highest BCUT2D eigenvalue weighted by molar-refractivity contribution is 5.86. The molecular weight excluding hydrogens is 320 g/mol. The van der Waals surface area contributed by atoms with Gasteiger partial charge in [0, 0.05) is 30.1 Å². The minimum Gasteiger partial charge on any atom is -0.370 e. The molecule has 0 saturated carbocycles. The molecule has 0 unspecified atom stereocenters. The first-order valence-electron chi connectivity index (χ1n) is 8.13. The van der Waals surface area contributed by atoms with Gasteiger partial charge in [0.05, 0.1) is 12.1 Å². The van der Waals surface area contributed by atoms with Crippen LogP contribution < -0.4 is 22.5 Å². The minimum absolute atomic E-state index is 0.0118. The van der Waals surface area contributed by atoms with Gasteiger partial charge in [0.25, 0.3) is 0 Å². The Morgan fingerprint density at radius 1 is 1.32 bits per heavy atom. The van der Waals surface area contributed by atoms with Gasteiger partial charge in [0.15, 0.2) is 5.96 Å². The van der Waals surface area contributed by atoms with Crippen molar-refractivity contribution in [1.82, 2.24) is 10.3 Å². The maximum atomic E-state index is 12.1. The van der Waals surface area contributed by atoms with Crippen molar-refractivity contribution < 1.29 is 9.59 Å². The Balaban J connectivity index is 1.89. The Labute approximate surface area is 145 Å². The number of aliphatic imine (C=N–C) groups is 1. The molecule has 1 aromatic heterocycles. The molecule has 0 spiro atoms. The maximum absolute atomic E-state index is 12.1. The smallest absolute Gasteiger partial charge is 0.237 e. The lowest BCUT2D eigenvalue weighted by molar-refractivity contribution is -0.125. The van der Waals surface area contributed by atoms with Crippen molar-refractivity contribution in [2.24, 2.45) is 22.2 Å². The molecule has 1 aromatic carbocycles. The monoisotopic (exact) mass is 344 g/mol. The number of para-hydroxylation sites is 1. The van der Waals surface area contributed by atoms with E-state index < -0.39 is 12.1 Å². The van der Waals surface area contributed by atoms with Gasteiger partial charge in [-0.3, -0.25) is 9.79 Å². The molecule has 8 heteroatoms. The highest BCUT2D eigenvalue weighted by Crippen LogP contribution is 2.18. The largest absolute Gasteiger partial charge is 0.370 e. The Morgan fingerprint density at radius 2 is 2.08 bits per heavy atom. The number of carbonyl (C=O) groups excluding carboxylic acids is 2. The van der Waals surface area contributed by atoms with E-state index in [-0.39, 0.29) is 11.9 Å². The van der Waals surface area contributed by atoms with Gasteiger partial charge in [0.1, 0.15) is 6.29 Å². The summed E-state index contributed by atoms with van der Waals surface area (Å²) in [6, 6.07) is 6.46. The molecule has 8 N–H and O–H groups in total. The van der Waals surface area contributed by atoms with Gasteiger partial charge in [0.2, 0.25) is 5.91 Å². The van der Waals surface area contributed by atoms with E-state index in [1.165, 1.54) is 0 Å². The molecule has 8 nitrogen and oxygen atoms in total. The molecular formula is C17H24N6O2. The summed E-state index contributed by atoms with van der Waals surface area (Å²) in [4.78, 5) is 30.5. The molecule has 2 rings (SSSR count). The van der Waals surface area contributed by atoms with E-state index in [9.17, 15) is 9.59 Å². The van der Waals surface area contributed by atoms with Crippen LogP contribution in [0, 0.1) is 0 Å². The van der Waals surface area contributed by atoms with Crippen LogP contribution in [0.2, 0.25) is 0 Å². The lowest BCUT2D eigenvalue weighted by Crippen LogP contribution is -2.46. The molecule has 2 atom stereocenters. The number of carbonyl (C=O) groups is 2. The number of hydrogen-bond acceptors (Lipinski definition) is 4. The number of aromatic nitrogens is 1. The van der Waals surface area contributed by atoms with Gasteiger partial charge in [-0.25, -0.2) is 0 Å². The predicted molar refractivity (Wildman–Crippen MR) is 97.9 cm³/mol. The Kier molecular flexibility index (Phi) is 6.53. The SMILES string of the molecule is NC(N)=NCCC[C@H](N)C(=O)N[C@H](C=O)Cc1c[nH]c2ccccc12. The Bertz CT molecular complexity index is 750. The predicted octanol–water partition coefficient (Wildman–Crippen LogP) is -0.225. The third-order valence-corrected chi connectivity index (χ3v) is 3.91. The fourth-order valence-corrected chi connectivity index (χ4v) is 2.61. The third-order valence-electron chi connectivity index (χ3n) is 3.91. The summed E-state index contributed by atoms with van der Waals surface area (Å²) >= 11 is 0. The van der Waals surface area contributed by atoms with Gasteiger partial charge in [-0.1, -0.05) is 18.2 Å². The van der Waals surface area contributed by atoms with Gasteiger partial charge in [-0.2, -0.15) is 0 Å². The van der Waals surface area contributed by atoms with Crippen molar-refractivity contribution in [3.63, 3.8) is 0 Å². The zero-order valence-electron chi connectivity index (χ0n) is 13.9. The van der Waals surface area contributed by atoms with Gasteiger partial charge < -0.3 is 32.3 Å². The molecule has 1 heterocycles. The standard InChI is InChI=1S/C17H24N6O2/c18-14(5-3-7-21-17(19)20)16(25)23-12(10-24)8-11-9-22-15-6-2-1-4-13(11)15/h1-2,4,6,9-10,12,14,22H,3,5,7-8,18H2,(H,23,25)(H4,19,20,21)/t12-,14-/m0/s1. The number of rotatable bonds is 9. The van der Waals surface area contributed by atoms with Gasteiger partial charge >= 0.3 is 0 Å². The zero-order chi connectivity index (χ0) is 18.2. The number of aldehydes is 1. The van der Waals surface area contributed by atoms with Crippen LogP contribution in [0.1, 0.15) is 18.4 Å². The number of nitrogens with zero attached hydrogens (tertiary/aromatic N) is 1. The van der Waals surface area contributed by atoms with E-state index in [0.29, 0.717) is 25.8 Å². The van der Waals surface area contributed by atoms with E-state index in [2.05, 4.69) is 15.3 Å². The zero-order valence-corrected chi connectivity index (χ0v) is 13.9. The molecule has 2 aromatic rings. The van der Waals surface area contributed by atoms with Crippen molar-refractivity contribution in [2.45, 2.75) is 31.3 Å². The Morgan fingerprint density at radius 3 is 2.80 bits per heavy atom. The maximum Gasteiger partial charge on any atom is 0.237 e. The number of H-pyrrole nitrogens is 1. The second kappa shape index (κ2) is 8.84. The number of aromatic amines is 1. The van der Waals surface area contributed by atoms with E-state index in [1.807, 2.05) is 30.5 Å². The molecule has 0 aliphatic rings. The fourth-order valence-electron chi connectivity index (χ4n) is 2.61. The number of nitrogens with one attached hydrogen (secondary N) is 2. The van der Waals surface area contributed by atoms with Crippen LogP contribution in [0.25, 0.3) is 10.9 Å². The molecule has 0 fully saturated rings. The number of nitrogens with two attached hydrogens (primary N) is 3. The molecule has 0 aliphatic carbocycles. The lowest BCUT2D eigenvalue weighted by atomic mass is 10.0. The van der Waals surface area contributed by atoms with Crippen molar-refractivity contribution in [3.8, 4) is 0 Å². The highest BCUT2D eigenvalue weighted by Gasteiger charge is 2.19. The topological polar surface area (TPSA) is 152 Å². The number of hydrogen-bond donors (Lipinski definition) is 5. The summed E-state index contributed by atoms with van der Waals surface area (Å²) in [5.41, 5.74) is 18.3. The first-order valence-corrected chi connectivity index (χ1v) is 8.13. The summed E-state index contributed by atoms with van der Waals surface area (Å²) < 4.78 is 0. The first kappa shape index (κ1) is 18.5. The fraction of sp³-hybridized carbons (Fsp3) is 0.353.